The molecule has 126 valence electrons. The lowest BCUT2D eigenvalue weighted by atomic mass is 9.95. The highest BCUT2D eigenvalue weighted by molar-refractivity contribution is 7.90. The van der Waals surface area contributed by atoms with Gasteiger partial charge in [0, 0.05) is 13.3 Å². The second-order valence-electron chi connectivity index (χ2n) is 5.96. The van der Waals surface area contributed by atoms with Crippen molar-refractivity contribution in [3.05, 3.63) is 54.1 Å². The summed E-state index contributed by atoms with van der Waals surface area (Å²) in [6.45, 7) is 0.293. The van der Waals surface area contributed by atoms with E-state index >= 15 is 0 Å². The molecule has 1 heterocycles. The Morgan fingerprint density at radius 3 is 2.54 bits per heavy atom. The van der Waals surface area contributed by atoms with Gasteiger partial charge < -0.3 is 9.64 Å². The largest absolute Gasteiger partial charge is 0.492 e. The minimum Gasteiger partial charge on any atom is -0.492 e. The number of sulfone groups is 1. The minimum absolute atomic E-state index is 0.151. The molecule has 0 aliphatic carbocycles. The lowest BCUT2D eigenvalue weighted by molar-refractivity contribution is -0.123. The summed E-state index contributed by atoms with van der Waals surface area (Å²) in [5.41, 5.74) is 1.38. The molecule has 0 saturated carbocycles. The van der Waals surface area contributed by atoms with E-state index in [0.29, 0.717) is 18.7 Å². The van der Waals surface area contributed by atoms with Crippen molar-refractivity contribution in [1.29, 1.82) is 0 Å². The van der Waals surface area contributed by atoms with E-state index < -0.39 is 9.84 Å². The van der Waals surface area contributed by atoms with Gasteiger partial charge in [-0.05, 0) is 30.2 Å². The van der Waals surface area contributed by atoms with Crippen molar-refractivity contribution in [3.8, 4) is 5.75 Å². The van der Waals surface area contributed by atoms with Crippen LogP contribution in [0.3, 0.4) is 0 Å². The Balaban J connectivity index is 1.87. The van der Waals surface area contributed by atoms with Gasteiger partial charge >= 0.3 is 0 Å². The number of rotatable bonds is 3. The van der Waals surface area contributed by atoms with Crippen molar-refractivity contribution >= 4 is 21.4 Å². The maximum atomic E-state index is 12.8. The topological polar surface area (TPSA) is 63.7 Å². The lowest BCUT2D eigenvalue weighted by Gasteiger charge is -2.29. The molecule has 6 heteroatoms. The number of para-hydroxylation sites is 2. The van der Waals surface area contributed by atoms with Gasteiger partial charge in [0.05, 0.1) is 16.5 Å². The Morgan fingerprint density at radius 1 is 1.12 bits per heavy atom. The van der Waals surface area contributed by atoms with Crippen molar-refractivity contribution in [2.24, 2.45) is 5.92 Å². The number of hydrogen-bond donors (Lipinski definition) is 0. The molecule has 0 bridgehead atoms. The SMILES string of the molecule is CN(C(=O)[C@H]1COc2ccccc2C1)c1ccccc1S(C)(=O)=O. The van der Waals surface area contributed by atoms with Crippen LogP contribution in [0, 0.1) is 5.92 Å². The second kappa shape index (κ2) is 6.28. The summed E-state index contributed by atoms with van der Waals surface area (Å²) in [4.78, 5) is 14.4. The molecule has 0 radical (unpaired) electrons. The Kier molecular flexibility index (Phi) is 4.32. The molecule has 2 aromatic rings. The summed E-state index contributed by atoms with van der Waals surface area (Å²) in [5, 5.41) is 0. The van der Waals surface area contributed by atoms with E-state index in [0.717, 1.165) is 17.6 Å². The zero-order valence-corrected chi connectivity index (χ0v) is 14.4. The summed E-state index contributed by atoms with van der Waals surface area (Å²) in [6, 6.07) is 14.2. The van der Waals surface area contributed by atoms with E-state index in [4.69, 9.17) is 4.74 Å². The van der Waals surface area contributed by atoms with Gasteiger partial charge in [-0.3, -0.25) is 4.79 Å². The Hall–Kier alpha value is -2.34. The van der Waals surface area contributed by atoms with Crippen LogP contribution in [0.15, 0.2) is 53.4 Å². The Bertz CT molecular complexity index is 876. The van der Waals surface area contributed by atoms with Crippen LogP contribution in [0.25, 0.3) is 0 Å². The normalized spacial score (nSPS) is 16.8. The molecule has 2 aromatic carbocycles. The maximum Gasteiger partial charge on any atom is 0.233 e. The molecule has 0 unspecified atom stereocenters. The third-order valence-electron chi connectivity index (χ3n) is 4.18. The van der Waals surface area contributed by atoms with Crippen molar-refractivity contribution in [2.75, 3.05) is 24.8 Å². The number of carbonyl (C=O) groups excluding carboxylic acids is 1. The van der Waals surface area contributed by atoms with Gasteiger partial charge in [-0.15, -0.1) is 0 Å². The summed E-state index contributed by atoms with van der Waals surface area (Å²) in [7, 11) is -1.81. The predicted molar refractivity (Wildman–Crippen MR) is 92.1 cm³/mol. The number of anilines is 1. The number of amides is 1. The number of nitrogens with zero attached hydrogens (tertiary/aromatic N) is 1. The first-order valence-corrected chi connectivity index (χ1v) is 9.54. The number of ether oxygens (including phenoxy) is 1. The fourth-order valence-corrected chi connectivity index (χ4v) is 3.84. The fraction of sp³-hybridized carbons (Fsp3) is 0.278. The first-order chi connectivity index (χ1) is 11.4. The van der Waals surface area contributed by atoms with Gasteiger partial charge in [0.1, 0.15) is 12.4 Å². The first kappa shape index (κ1) is 16.5. The molecule has 5 nitrogen and oxygen atoms in total. The van der Waals surface area contributed by atoms with E-state index in [1.54, 1.807) is 25.2 Å². The highest BCUT2D eigenvalue weighted by atomic mass is 32.2. The van der Waals surface area contributed by atoms with Gasteiger partial charge in [-0.1, -0.05) is 30.3 Å². The second-order valence-corrected chi connectivity index (χ2v) is 7.94. The van der Waals surface area contributed by atoms with Crippen LogP contribution in [-0.4, -0.2) is 34.2 Å². The van der Waals surface area contributed by atoms with Crippen LogP contribution in [-0.2, 0) is 21.1 Å². The van der Waals surface area contributed by atoms with Crippen LogP contribution in [0.5, 0.6) is 5.75 Å². The van der Waals surface area contributed by atoms with E-state index in [1.807, 2.05) is 24.3 Å². The third kappa shape index (κ3) is 3.14. The summed E-state index contributed by atoms with van der Waals surface area (Å²) in [6.07, 6.45) is 1.73. The molecule has 1 amide bonds. The van der Waals surface area contributed by atoms with Crippen LogP contribution in [0.2, 0.25) is 0 Å². The van der Waals surface area contributed by atoms with Crippen molar-refractivity contribution in [3.63, 3.8) is 0 Å². The summed E-state index contributed by atoms with van der Waals surface area (Å²) >= 11 is 0. The Labute approximate surface area is 141 Å². The molecule has 0 spiro atoms. The maximum absolute atomic E-state index is 12.8. The van der Waals surface area contributed by atoms with Crippen LogP contribution < -0.4 is 9.64 Å². The molecule has 0 N–H and O–H groups in total. The molecule has 1 aliphatic heterocycles. The quantitative estimate of drug-likeness (QED) is 0.856. The van der Waals surface area contributed by atoms with Gasteiger partial charge in [0.25, 0.3) is 0 Å². The molecule has 3 rings (SSSR count). The summed E-state index contributed by atoms with van der Waals surface area (Å²) < 4.78 is 29.6. The standard InChI is InChI=1S/C18H19NO4S/c1-19(15-8-4-6-10-17(15)24(2,21)22)18(20)14-11-13-7-3-5-9-16(13)23-12-14/h3-10,14H,11-12H2,1-2H3/t14-/m1/s1. The highest BCUT2D eigenvalue weighted by Crippen LogP contribution is 2.30. The van der Waals surface area contributed by atoms with Crippen molar-refractivity contribution < 1.29 is 17.9 Å². The zero-order chi connectivity index (χ0) is 17.3. The van der Waals surface area contributed by atoms with E-state index in [9.17, 15) is 13.2 Å². The molecular formula is C18H19NO4S. The molecular weight excluding hydrogens is 326 g/mol. The molecule has 0 saturated heterocycles. The van der Waals surface area contributed by atoms with Crippen molar-refractivity contribution in [1.82, 2.24) is 0 Å². The van der Waals surface area contributed by atoms with Gasteiger partial charge in [0.2, 0.25) is 5.91 Å². The smallest absolute Gasteiger partial charge is 0.233 e. The lowest BCUT2D eigenvalue weighted by Crippen LogP contribution is -2.39. The van der Waals surface area contributed by atoms with Gasteiger partial charge in [-0.2, -0.15) is 0 Å². The number of fused-ring (bicyclic) bond motifs is 1. The summed E-state index contributed by atoms with van der Waals surface area (Å²) in [5.74, 6) is 0.318. The minimum atomic E-state index is -3.42. The molecule has 0 fully saturated rings. The number of benzene rings is 2. The van der Waals surface area contributed by atoms with Crippen LogP contribution in [0.1, 0.15) is 5.56 Å². The molecule has 24 heavy (non-hydrogen) atoms. The fourth-order valence-electron chi connectivity index (χ4n) is 2.93. The molecule has 0 aromatic heterocycles. The molecule has 1 aliphatic rings. The predicted octanol–water partition coefficient (Wildman–Crippen LogP) is 2.30. The number of carbonyl (C=O) groups is 1. The first-order valence-electron chi connectivity index (χ1n) is 7.65. The van der Waals surface area contributed by atoms with Crippen molar-refractivity contribution in [2.45, 2.75) is 11.3 Å². The van der Waals surface area contributed by atoms with Crippen LogP contribution in [0.4, 0.5) is 5.69 Å². The number of hydrogen-bond acceptors (Lipinski definition) is 4. The Morgan fingerprint density at radius 2 is 1.79 bits per heavy atom. The van der Waals surface area contributed by atoms with Gasteiger partial charge in [-0.25, -0.2) is 8.42 Å². The zero-order valence-electron chi connectivity index (χ0n) is 13.6. The molecule has 1 atom stereocenters. The third-order valence-corrected chi connectivity index (χ3v) is 5.33. The monoisotopic (exact) mass is 345 g/mol. The highest BCUT2D eigenvalue weighted by Gasteiger charge is 2.30. The average molecular weight is 345 g/mol. The van der Waals surface area contributed by atoms with E-state index in [2.05, 4.69) is 0 Å². The average Bonchev–Trinajstić information content (AvgIpc) is 2.59. The van der Waals surface area contributed by atoms with Gasteiger partial charge in [0.15, 0.2) is 9.84 Å². The van der Waals surface area contributed by atoms with E-state index in [1.165, 1.54) is 11.0 Å². The van der Waals surface area contributed by atoms with E-state index in [-0.39, 0.29) is 16.7 Å². The van der Waals surface area contributed by atoms with Crippen LogP contribution >= 0.6 is 0 Å².